The SMILES string of the molecule is C=CC1=C(/C=C\C)CC(/C=C\C)=C1C=C.CC.CC. The van der Waals surface area contributed by atoms with Crippen LogP contribution in [0.1, 0.15) is 48.0 Å². The molecule has 0 heterocycles. The lowest BCUT2D eigenvalue weighted by Crippen LogP contribution is -1.80. The summed E-state index contributed by atoms with van der Waals surface area (Å²) < 4.78 is 0. The number of hydrogen-bond donors (Lipinski definition) is 0. The quantitative estimate of drug-likeness (QED) is 0.535. The molecule has 0 heteroatoms. The van der Waals surface area contributed by atoms with Crippen LogP contribution in [0, 0.1) is 0 Å². The van der Waals surface area contributed by atoms with Crippen LogP contribution in [0.5, 0.6) is 0 Å². The first kappa shape index (κ1) is 19.8. The largest absolute Gasteiger partial charge is 0.0984 e. The molecule has 1 rings (SSSR count). The van der Waals surface area contributed by atoms with E-state index in [1.54, 1.807) is 0 Å². The fourth-order valence-electron chi connectivity index (χ4n) is 1.92. The number of hydrogen-bond acceptors (Lipinski definition) is 0. The van der Waals surface area contributed by atoms with Crippen LogP contribution in [0.15, 0.2) is 71.9 Å². The first-order valence-corrected chi connectivity index (χ1v) is 7.25. The summed E-state index contributed by atoms with van der Waals surface area (Å²) in [5, 5.41) is 0. The highest BCUT2D eigenvalue weighted by Crippen LogP contribution is 2.35. The predicted octanol–water partition coefficient (Wildman–Crippen LogP) is 6.56. The molecular formula is C19H30. The molecule has 0 aromatic rings. The van der Waals surface area contributed by atoms with Crippen LogP contribution >= 0.6 is 0 Å². The third kappa shape index (κ3) is 5.74. The van der Waals surface area contributed by atoms with Crippen molar-refractivity contribution in [1.29, 1.82) is 0 Å². The van der Waals surface area contributed by atoms with E-state index in [1.807, 2.05) is 53.7 Å². The second-order valence-corrected chi connectivity index (χ2v) is 3.46. The van der Waals surface area contributed by atoms with Crippen molar-refractivity contribution in [2.75, 3.05) is 0 Å². The molecule has 1 aliphatic rings. The van der Waals surface area contributed by atoms with Gasteiger partial charge in [-0.1, -0.05) is 77.3 Å². The van der Waals surface area contributed by atoms with Crippen LogP contribution in [0.2, 0.25) is 0 Å². The maximum absolute atomic E-state index is 3.87. The Kier molecular flexibility index (Phi) is 13.4. The summed E-state index contributed by atoms with van der Waals surface area (Å²) in [5.74, 6) is 0. The number of allylic oxidation sites excluding steroid dienone is 10. The second-order valence-electron chi connectivity index (χ2n) is 3.46. The van der Waals surface area contributed by atoms with Crippen molar-refractivity contribution in [1.82, 2.24) is 0 Å². The summed E-state index contributed by atoms with van der Waals surface area (Å²) in [6.07, 6.45) is 13.3. The highest BCUT2D eigenvalue weighted by Gasteiger charge is 2.16. The van der Waals surface area contributed by atoms with Crippen molar-refractivity contribution in [3.8, 4) is 0 Å². The average Bonchev–Trinajstić information content (AvgIpc) is 2.80. The lowest BCUT2D eigenvalue weighted by Gasteiger charge is -1.99. The topological polar surface area (TPSA) is 0 Å². The van der Waals surface area contributed by atoms with Crippen LogP contribution in [-0.4, -0.2) is 0 Å². The summed E-state index contributed by atoms with van der Waals surface area (Å²) in [7, 11) is 0. The van der Waals surface area contributed by atoms with Gasteiger partial charge in [0.1, 0.15) is 0 Å². The van der Waals surface area contributed by atoms with E-state index in [1.165, 1.54) is 22.3 Å². The van der Waals surface area contributed by atoms with E-state index in [2.05, 4.69) is 37.5 Å². The summed E-state index contributed by atoms with van der Waals surface area (Å²) in [6.45, 7) is 19.8. The molecule has 1 aliphatic carbocycles. The minimum atomic E-state index is 0.984. The van der Waals surface area contributed by atoms with Crippen LogP contribution in [-0.2, 0) is 0 Å². The van der Waals surface area contributed by atoms with E-state index in [-0.39, 0.29) is 0 Å². The normalized spacial score (nSPS) is 14.2. The molecule has 0 unspecified atom stereocenters. The molecule has 0 aliphatic heterocycles. The highest BCUT2D eigenvalue weighted by molar-refractivity contribution is 5.61. The van der Waals surface area contributed by atoms with Gasteiger partial charge in [0.25, 0.3) is 0 Å². The third-order valence-electron chi connectivity index (χ3n) is 2.51. The Morgan fingerprint density at radius 1 is 0.737 bits per heavy atom. The maximum Gasteiger partial charge on any atom is -0.00137 e. The van der Waals surface area contributed by atoms with Gasteiger partial charge < -0.3 is 0 Å². The minimum absolute atomic E-state index is 0.984. The molecular weight excluding hydrogens is 228 g/mol. The second kappa shape index (κ2) is 12.9. The molecule has 0 aromatic heterocycles. The monoisotopic (exact) mass is 258 g/mol. The van der Waals surface area contributed by atoms with E-state index in [0.717, 1.165) is 6.42 Å². The van der Waals surface area contributed by atoms with E-state index in [9.17, 15) is 0 Å². The van der Waals surface area contributed by atoms with E-state index < -0.39 is 0 Å². The summed E-state index contributed by atoms with van der Waals surface area (Å²) in [4.78, 5) is 0. The van der Waals surface area contributed by atoms with Crippen LogP contribution < -0.4 is 0 Å². The van der Waals surface area contributed by atoms with Crippen molar-refractivity contribution < 1.29 is 0 Å². The summed E-state index contributed by atoms with van der Waals surface area (Å²) >= 11 is 0. The van der Waals surface area contributed by atoms with Gasteiger partial charge in [-0.25, -0.2) is 0 Å². The molecule has 0 spiro atoms. The van der Waals surface area contributed by atoms with Gasteiger partial charge in [0, 0.05) is 0 Å². The molecule has 0 fully saturated rings. The molecule has 0 bridgehead atoms. The van der Waals surface area contributed by atoms with Gasteiger partial charge in [-0.2, -0.15) is 0 Å². The van der Waals surface area contributed by atoms with Crippen molar-refractivity contribution in [3.05, 3.63) is 71.9 Å². The molecule has 0 radical (unpaired) electrons. The van der Waals surface area contributed by atoms with Crippen LogP contribution in [0.3, 0.4) is 0 Å². The zero-order chi connectivity index (χ0) is 15.3. The zero-order valence-electron chi connectivity index (χ0n) is 13.6. The van der Waals surface area contributed by atoms with Crippen molar-refractivity contribution >= 4 is 0 Å². The zero-order valence-corrected chi connectivity index (χ0v) is 13.6. The molecule has 106 valence electrons. The Morgan fingerprint density at radius 3 is 1.26 bits per heavy atom. The van der Waals surface area contributed by atoms with E-state index >= 15 is 0 Å². The Labute approximate surface area is 120 Å². The van der Waals surface area contributed by atoms with Gasteiger partial charge in [0.15, 0.2) is 0 Å². The summed E-state index contributed by atoms with van der Waals surface area (Å²) in [5.41, 5.74) is 5.10. The van der Waals surface area contributed by atoms with E-state index in [0.29, 0.717) is 0 Å². The van der Waals surface area contributed by atoms with Crippen LogP contribution in [0.25, 0.3) is 0 Å². The molecule has 0 N–H and O–H groups in total. The lowest BCUT2D eigenvalue weighted by atomic mass is 10.1. The predicted molar refractivity (Wildman–Crippen MR) is 91.4 cm³/mol. The van der Waals surface area contributed by atoms with Crippen molar-refractivity contribution in [2.24, 2.45) is 0 Å². The highest BCUT2D eigenvalue weighted by atomic mass is 14.2. The van der Waals surface area contributed by atoms with Gasteiger partial charge >= 0.3 is 0 Å². The molecule has 0 saturated carbocycles. The molecule has 0 aromatic carbocycles. The molecule has 0 nitrogen and oxygen atoms in total. The Bertz CT molecular complexity index is 346. The maximum atomic E-state index is 3.87. The standard InChI is InChI=1S/C15H18.2C2H6/c1-5-9-12-11-13(10-6-2)15(8-4)14(12)7-3;2*1-2/h5-10H,3-4,11H2,1-2H3;2*1-2H3/b9-5-,10-6-;;. The minimum Gasteiger partial charge on any atom is -0.0984 e. The Morgan fingerprint density at radius 2 is 1.05 bits per heavy atom. The molecule has 0 amide bonds. The molecule has 0 saturated heterocycles. The first-order chi connectivity index (χ1) is 9.28. The van der Waals surface area contributed by atoms with Crippen LogP contribution in [0.4, 0.5) is 0 Å². The Hall–Kier alpha value is -1.56. The van der Waals surface area contributed by atoms with Crippen molar-refractivity contribution in [3.63, 3.8) is 0 Å². The fraction of sp³-hybridized carbons (Fsp3) is 0.368. The smallest absolute Gasteiger partial charge is 0.00137 e. The number of rotatable bonds is 4. The Balaban J connectivity index is 0. The van der Waals surface area contributed by atoms with Gasteiger partial charge in [0.05, 0.1) is 0 Å². The fourth-order valence-corrected chi connectivity index (χ4v) is 1.92. The molecule has 0 atom stereocenters. The van der Waals surface area contributed by atoms with Gasteiger partial charge in [-0.3, -0.25) is 0 Å². The van der Waals surface area contributed by atoms with Gasteiger partial charge in [0.2, 0.25) is 0 Å². The molecule has 19 heavy (non-hydrogen) atoms. The first-order valence-electron chi connectivity index (χ1n) is 7.25. The lowest BCUT2D eigenvalue weighted by molar-refractivity contribution is 1.24. The van der Waals surface area contributed by atoms with Gasteiger partial charge in [-0.15, -0.1) is 0 Å². The average molecular weight is 258 g/mol. The summed E-state index contributed by atoms with van der Waals surface area (Å²) in [6, 6.07) is 0. The van der Waals surface area contributed by atoms with E-state index in [4.69, 9.17) is 0 Å². The van der Waals surface area contributed by atoms with Gasteiger partial charge in [-0.05, 0) is 42.6 Å². The third-order valence-corrected chi connectivity index (χ3v) is 2.51. The van der Waals surface area contributed by atoms with Crippen molar-refractivity contribution in [2.45, 2.75) is 48.0 Å².